The molecular formula is C11H20N4O3. The smallest absolute Gasteiger partial charge is 0.324 e. The summed E-state index contributed by atoms with van der Waals surface area (Å²) in [6.45, 7) is 7.25. The highest BCUT2D eigenvalue weighted by molar-refractivity contribution is 5.20. The third-order valence-corrected chi connectivity index (χ3v) is 1.81. The number of aromatic nitrogens is 3. The highest BCUT2D eigenvalue weighted by atomic mass is 16.5. The van der Waals surface area contributed by atoms with Gasteiger partial charge < -0.3 is 19.9 Å². The van der Waals surface area contributed by atoms with Gasteiger partial charge in [-0.15, -0.1) is 4.98 Å². The highest BCUT2D eigenvalue weighted by Crippen LogP contribution is 2.10. The van der Waals surface area contributed by atoms with E-state index in [0.717, 1.165) is 6.42 Å². The Morgan fingerprint density at radius 3 is 2.17 bits per heavy atom. The lowest BCUT2D eigenvalue weighted by Gasteiger charge is -2.09. The molecule has 0 aliphatic carbocycles. The second kappa shape index (κ2) is 7.65. The standard InChI is InChI=1S/C11H20N4O3/c1-4-5-17-10-13-9(12)14-11(15-10)18-7-6-16-8(2)3/h8H,4-7H2,1-3H3,(H2,12,13,14,15). The summed E-state index contributed by atoms with van der Waals surface area (Å²) in [5.41, 5.74) is 5.53. The summed E-state index contributed by atoms with van der Waals surface area (Å²) in [6.07, 6.45) is 1.03. The second-order valence-corrected chi connectivity index (χ2v) is 3.88. The van der Waals surface area contributed by atoms with Gasteiger partial charge in [0.25, 0.3) is 0 Å². The molecule has 0 saturated carbocycles. The Hall–Kier alpha value is -1.63. The molecule has 102 valence electrons. The Labute approximate surface area is 107 Å². The fourth-order valence-electron chi connectivity index (χ4n) is 1.09. The molecule has 1 aromatic rings. The van der Waals surface area contributed by atoms with Crippen molar-refractivity contribution >= 4 is 5.95 Å². The van der Waals surface area contributed by atoms with Gasteiger partial charge in [0.1, 0.15) is 6.61 Å². The number of ether oxygens (including phenoxy) is 3. The van der Waals surface area contributed by atoms with E-state index in [1.165, 1.54) is 0 Å². The van der Waals surface area contributed by atoms with Crippen molar-refractivity contribution in [3.63, 3.8) is 0 Å². The molecule has 7 nitrogen and oxygen atoms in total. The topological polar surface area (TPSA) is 92.4 Å². The van der Waals surface area contributed by atoms with E-state index in [4.69, 9.17) is 19.9 Å². The van der Waals surface area contributed by atoms with Crippen LogP contribution >= 0.6 is 0 Å². The Morgan fingerprint density at radius 2 is 1.61 bits per heavy atom. The molecule has 0 atom stereocenters. The van der Waals surface area contributed by atoms with Crippen LogP contribution in [0.5, 0.6) is 12.0 Å². The number of anilines is 1. The highest BCUT2D eigenvalue weighted by Gasteiger charge is 2.06. The second-order valence-electron chi connectivity index (χ2n) is 3.88. The van der Waals surface area contributed by atoms with Crippen LogP contribution in [0.25, 0.3) is 0 Å². The minimum absolute atomic E-state index is 0.0795. The predicted molar refractivity (Wildman–Crippen MR) is 66.6 cm³/mol. The van der Waals surface area contributed by atoms with Gasteiger partial charge >= 0.3 is 12.0 Å². The van der Waals surface area contributed by atoms with Crippen LogP contribution in [0, 0.1) is 0 Å². The number of nitrogens with zero attached hydrogens (tertiary/aromatic N) is 3. The maximum Gasteiger partial charge on any atom is 0.324 e. The van der Waals surface area contributed by atoms with Crippen molar-refractivity contribution in [2.75, 3.05) is 25.6 Å². The van der Waals surface area contributed by atoms with E-state index < -0.39 is 0 Å². The molecule has 0 unspecified atom stereocenters. The van der Waals surface area contributed by atoms with Crippen LogP contribution in [0.1, 0.15) is 27.2 Å². The number of hydrogen-bond acceptors (Lipinski definition) is 7. The first-order valence-electron chi connectivity index (χ1n) is 6.00. The maximum absolute atomic E-state index is 5.53. The van der Waals surface area contributed by atoms with Crippen LogP contribution in [0.3, 0.4) is 0 Å². The SMILES string of the molecule is CCCOc1nc(N)nc(OCCOC(C)C)n1. The van der Waals surface area contributed by atoms with Crippen LogP contribution in [0.2, 0.25) is 0 Å². The van der Waals surface area contributed by atoms with E-state index in [2.05, 4.69) is 15.0 Å². The molecular weight excluding hydrogens is 236 g/mol. The summed E-state index contributed by atoms with van der Waals surface area (Å²) in [4.78, 5) is 11.7. The monoisotopic (exact) mass is 256 g/mol. The van der Waals surface area contributed by atoms with Crippen molar-refractivity contribution in [1.29, 1.82) is 0 Å². The van der Waals surface area contributed by atoms with Gasteiger partial charge in [-0.3, -0.25) is 0 Å². The zero-order valence-electron chi connectivity index (χ0n) is 11.0. The first kappa shape index (κ1) is 14.4. The molecule has 2 N–H and O–H groups in total. The molecule has 0 bridgehead atoms. The lowest BCUT2D eigenvalue weighted by Crippen LogP contribution is -2.13. The molecule has 7 heteroatoms. The molecule has 0 aliphatic rings. The quantitative estimate of drug-likeness (QED) is 0.695. The summed E-state index contributed by atoms with van der Waals surface area (Å²) >= 11 is 0. The number of nitrogen functional groups attached to an aromatic ring is 1. The van der Waals surface area contributed by atoms with Crippen molar-refractivity contribution in [2.24, 2.45) is 0 Å². The van der Waals surface area contributed by atoms with Gasteiger partial charge in [-0.05, 0) is 20.3 Å². The van der Waals surface area contributed by atoms with Crippen molar-refractivity contribution in [3.05, 3.63) is 0 Å². The average Bonchev–Trinajstić information content (AvgIpc) is 2.31. The summed E-state index contributed by atoms with van der Waals surface area (Å²) < 4.78 is 15.9. The Balaban J connectivity index is 2.46. The molecule has 18 heavy (non-hydrogen) atoms. The molecule has 1 aromatic heterocycles. The van der Waals surface area contributed by atoms with Crippen LogP contribution in [0.15, 0.2) is 0 Å². The van der Waals surface area contributed by atoms with Gasteiger partial charge in [-0.2, -0.15) is 9.97 Å². The minimum atomic E-state index is 0.0795. The van der Waals surface area contributed by atoms with E-state index >= 15 is 0 Å². The van der Waals surface area contributed by atoms with Crippen molar-refractivity contribution in [2.45, 2.75) is 33.3 Å². The van der Waals surface area contributed by atoms with Gasteiger partial charge in [0.15, 0.2) is 0 Å². The van der Waals surface area contributed by atoms with E-state index in [1.807, 2.05) is 20.8 Å². The fourth-order valence-corrected chi connectivity index (χ4v) is 1.09. The minimum Gasteiger partial charge on any atom is -0.463 e. The van der Waals surface area contributed by atoms with E-state index in [1.54, 1.807) is 0 Å². The van der Waals surface area contributed by atoms with Gasteiger partial charge in [0, 0.05) is 0 Å². The Morgan fingerprint density at radius 1 is 1.00 bits per heavy atom. The van der Waals surface area contributed by atoms with Crippen LogP contribution in [-0.2, 0) is 4.74 Å². The van der Waals surface area contributed by atoms with Gasteiger partial charge in [-0.25, -0.2) is 0 Å². The molecule has 0 fully saturated rings. The summed E-state index contributed by atoms with van der Waals surface area (Å²) in [7, 11) is 0. The first-order valence-corrected chi connectivity index (χ1v) is 6.00. The largest absolute Gasteiger partial charge is 0.463 e. The molecule has 1 heterocycles. The number of hydrogen-bond donors (Lipinski definition) is 1. The molecule has 0 aromatic carbocycles. The van der Waals surface area contributed by atoms with Crippen LogP contribution < -0.4 is 15.2 Å². The van der Waals surface area contributed by atoms with Crippen molar-refractivity contribution < 1.29 is 14.2 Å². The van der Waals surface area contributed by atoms with Gasteiger partial charge in [0.2, 0.25) is 5.95 Å². The summed E-state index contributed by atoms with van der Waals surface area (Å²) in [6, 6.07) is 0.338. The third-order valence-electron chi connectivity index (χ3n) is 1.81. The predicted octanol–water partition coefficient (Wildman–Crippen LogP) is 1.05. The zero-order chi connectivity index (χ0) is 13.4. The van der Waals surface area contributed by atoms with E-state index in [9.17, 15) is 0 Å². The third kappa shape index (κ3) is 5.62. The molecule has 1 rings (SSSR count). The van der Waals surface area contributed by atoms with Gasteiger partial charge in [-0.1, -0.05) is 6.92 Å². The maximum atomic E-state index is 5.53. The Kier molecular flexibility index (Phi) is 6.13. The molecule has 0 radical (unpaired) electrons. The van der Waals surface area contributed by atoms with E-state index in [-0.39, 0.29) is 24.1 Å². The molecule has 0 spiro atoms. The van der Waals surface area contributed by atoms with Crippen molar-refractivity contribution in [3.8, 4) is 12.0 Å². The average molecular weight is 256 g/mol. The van der Waals surface area contributed by atoms with Crippen LogP contribution in [-0.4, -0.2) is 40.9 Å². The Bertz CT molecular complexity index is 360. The number of nitrogens with two attached hydrogens (primary N) is 1. The fraction of sp³-hybridized carbons (Fsp3) is 0.727. The summed E-state index contributed by atoms with van der Waals surface area (Å²) in [5, 5.41) is 0. The van der Waals surface area contributed by atoms with E-state index in [0.29, 0.717) is 19.8 Å². The summed E-state index contributed by atoms with van der Waals surface area (Å²) in [5.74, 6) is 0.0795. The van der Waals surface area contributed by atoms with Crippen LogP contribution in [0.4, 0.5) is 5.95 Å². The molecule has 0 aliphatic heterocycles. The lowest BCUT2D eigenvalue weighted by molar-refractivity contribution is 0.0528. The zero-order valence-corrected chi connectivity index (χ0v) is 11.0. The number of rotatable bonds is 8. The molecule has 0 amide bonds. The lowest BCUT2D eigenvalue weighted by atomic mass is 10.5. The normalized spacial score (nSPS) is 10.7. The van der Waals surface area contributed by atoms with Gasteiger partial charge in [0.05, 0.1) is 19.3 Å². The van der Waals surface area contributed by atoms with Crippen molar-refractivity contribution in [1.82, 2.24) is 15.0 Å². The molecule has 0 saturated heterocycles. The first-order chi connectivity index (χ1) is 8.61.